The number of fused-ring (bicyclic) bond motifs is 1. The first kappa shape index (κ1) is 9.58. The molecule has 0 saturated carbocycles. The van der Waals surface area contributed by atoms with Crippen molar-refractivity contribution in [3.8, 4) is 11.5 Å². The van der Waals surface area contributed by atoms with Gasteiger partial charge in [-0.25, -0.2) is 4.79 Å². The zero-order valence-corrected chi connectivity index (χ0v) is 8.19. The number of benzene rings is 1. The van der Waals surface area contributed by atoms with E-state index in [-0.39, 0.29) is 11.3 Å². The molecule has 1 heterocycles. The van der Waals surface area contributed by atoms with Crippen LogP contribution >= 0.6 is 0 Å². The van der Waals surface area contributed by atoms with E-state index in [0.29, 0.717) is 17.7 Å². The van der Waals surface area contributed by atoms with Crippen LogP contribution in [-0.4, -0.2) is 11.7 Å². The van der Waals surface area contributed by atoms with Crippen molar-refractivity contribution in [1.82, 2.24) is 0 Å². The number of hydrogen-bond donors (Lipinski definition) is 1. The van der Waals surface area contributed by atoms with Gasteiger partial charge in [-0.3, -0.25) is 0 Å². The average Bonchev–Trinajstić information content (AvgIpc) is 2.23. The molecule has 1 aromatic carbocycles. The molecule has 2 rings (SSSR count). The molecule has 0 aliphatic carbocycles. The standard InChI is InChI=1S/C11H10O4/c1-2-14-8-5-3-7-4-6-9(12)15-11(7)10(8)13/h3-6,13H,2H2,1H3. The van der Waals surface area contributed by atoms with Crippen molar-refractivity contribution in [1.29, 1.82) is 0 Å². The van der Waals surface area contributed by atoms with Crippen LogP contribution in [0.3, 0.4) is 0 Å². The Morgan fingerprint density at radius 3 is 2.80 bits per heavy atom. The quantitative estimate of drug-likeness (QED) is 0.762. The molecule has 4 heteroatoms. The maximum atomic E-state index is 11.0. The number of aromatic hydroxyl groups is 1. The van der Waals surface area contributed by atoms with Gasteiger partial charge >= 0.3 is 5.63 Å². The predicted molar refractivity (Wildman–Crippen MR) is 55.3 cm³/mol. The average molecular weight is 206 g/mol. The highest BCUT2D eigenvalue weighted by Crippen LogP contribution is 2.33. The molecule has 4 nitrogen and oxygen atoms in total. The van der Waals surface area contributed by atoms with Crippen molar-refractivity contribution in [2.24, 2.45) is 0 Å². The van der Waals surface area contributed by atoms with Gasteiger partial charge in [-0.15, -0.1) is 0 Å². The highest BCUT2D eigenvalue weighted by atomic mass is 16.5. The van der Waals surface area contributed by atoms with Gasteiger partial charge in [0.1, 0.15) is 0 Å². The van der Waals surface area contributed by atoms with Gasteiger partial charge in [-0.1, -0.05) is 0 Å². The molecule has 0 unspecified atom stereocenters. The molecule has 0 fully saturated rings. The Labute approximate surface area is 85.7 Å². The summed E-state index contributed by atoms with van der Waals surface area (Å²) in [6, 6.07) is 6.27. The molecular formula is C11H10O4. The Morgan fingerprint density at radius 2 is 2.07 bits per heavy atom. The minimum absolute atomic E-state index is 0.132. The van der Waals surface area contributed by atoms with Gasteiger partial charge in [0, 0.05) is 11.5 Å². The summed E-state index contributed by atoms with van der Waals surface area (Å²) >= 11 is 0. The van der Waals surface area contributed by atoms with E-state index in [9.17, 15) is 9.90 Å². The third-order valence-electron chi connectivity index (χ3n) is 2.03. The number of ether oxygens (including phenoxy) is 1. The first-order chi connectivity index (χ1) is 7.22. The SMILES string of the molecule is CCOc1ccc2ccc(=O)oc2c1O. The third-order valence-corrected chi connectivity index (χ3v) is 2.03. The van der Waals surface area contributed by atoms with E-state index in [2.05, 4.69) is 0 Å². The highest BCUT2D eigenvalue weighted by Gasteiger charge is 2.09. The lowest BCUT2D eigenvalue weighted by molar-refractivity contribution is 0.317. The normalized spacial score (nSPS) is 10.5. The van der Waals surface area contributed by atoms with Crippen LogP contribution in [0.2, 0.25) is 0 Å². The summed E-state index contributed by atoms with van der Waals surface area (Å²) in [7, 11) is 0. The van der Waals surface area contributed by atoms with Crippen molar-refractivity contribution in [3.05, 3.63) is 34.7 Å². The topological polar surface area (TPSA) is 59.7 Å². The van der Waals surface area contributed by atoms with Gasteiger partial charge in [0.25, 0.3) is 0 Å². The Hall–Kier alpha value is -1.97. The Balaban J connectivity index is 2.71. The maximum Gasteiger partial charge on any atom is 0.336 e. The van der Waals surface area contributed by atoms with E-state index in [1.165, 1.54) is 6.07 Å². The van der Waals surface area contributed by atoms with Crippen LogP contribution in [-0.2, 0) is 0 Å². The second-order valence-electron chi connectivity index (χ2n) is 3.02. The van der Waals surface area contributed by atoms with E-state index in [1.54, 1.807) is 18.2 Å². The molecule has 1 aromatic heterocycles. The lowest BCUT2D eigenvalue weighted by Gasteiger charge is -2.06. The molecule has 0 spiro atoms. The van der Waals surface area contributed by atoms with Crippen LogP contribution in [0.4, 0.5) is 0 Å². The fourth-order valence-electron chi connectivity index (χ4n) is 1.37. The van der Waals surface area contributed by atoms with Gasteiger partial charge in [-0.2, -0.15) is 0 Å². The van der Waals surface area contributed by atoms with Crippen LogP contribution in [0.15, 0.2) is 33.5 Å². The molecule has 0 amide bonds. The molecule has 0 bridgehead atoms. The molecule has 0 aliphatic rings. The van der Waals surface area contributed by atoms with Crippen molar-refractivity contribution >= 4 is 11.0 Å². The van der Waals surface area contributed by atoms with Crippen molar-refractivity contribution < 1.29 is 14.3 Å². The van der Waals surface area contributed by atoms with Crippen molar-refractivity contribution in [3.63, 3.8) is 0 Å². The summed E-state index contributed by atoms with van der Waals surface area (Å²) in [4.78, 5) is 11.0. The van der Waals surface area contributed by atoms with Gasteiger partial charge in [-0.05, 0) is 25.1 Å². The Bertz CT molecular complexity index is 542. The first-order valence-corrected chi connectivity index (χ1v) is 4.61. The fourth-order valence-corrected chi connectivity index (χ4v) is 1.37. The summed E-state index contributed by atoms with van der Waals surface area (Å²) in [5.41, 5.74) is -0.333. The zero-order valence-electron chi connectivity index (χ0n) is 8.19. The second-order valence-corrected chi connectivity index (χ2v) is 3.02. The number of phenols is 1. The predicted octanol–water partition coefficient (Wildman–Crippen LogP) is 1.90. The first-order valence-electron chi connectivity index (χ1n) is 4.61. The maximum absolute atomic E-state index is 11.0. The molecular weight excluding hydrogens is 196 g/mol. The van der Waals surface area contributed by atoms with E-state index in [4.69, 9.17) is 9.15 Å². The molecule has 1 N–H and O–H groups in total. The summed E-state index contributed by atoms with van der Waals surface area (Å²) in [6.45, 7) is 2.25. The van der Waals surface area contributed by atoms with Crippen LogP contribution in [0.1, 0.15) is 6.92 Å². The molecule has 78 valence electrons. The fraction of sp³-hybridized carbons (Fsp3) is 0.182. The largest absolute Gasteiger partial charge is 0.502 e. The van der Waals surface area contributed by atoms with E-state index >= 15 is 0 Å². The van der Waals surface area contributed by atoms with Crippen LogP contribution in [0.5, 0.6) is 11.5 Å². The van der Waals surface area contributed by atoms with Gasteiger partial charge in [0.15, 0.2) is 11.3 Å². The second kappa shape index (κ2) is 3.65. The molecule has 2 aromatic rings. The van der Waals surface area contributed by atoms with E-state index in [0.717, 1.165) is 0 Å². The lowest BCUT2D eigenvalue weighted by atomic mass is 10.2. The van der Waals surface area contributed by atoms with Crippen molar-refractivity contribution in [2.45, 2.75) is 6.92 Å². The van der Waals surface area contributed by atoms with Gasteiger partial charge in [0.05, 0.1) is 6.61 Å². The minimum atomic E-state index is -0.494. The molecule has 15 heavy (non-hydrogen) atoms. The van der Waals surface area contributed by atoms with Gasteiger partial charge in [0.2, 0.25) is 5.75 Å². The number of rotatable bonds is 2. The van der Waals surface area contributed by atoms with E-state index in [1.807, 2.05) is 6.92 Å². The summed E-state index contributed by atoms with van der Waals surface area (Å²) < 4.78 is 10.1. The van der Waals surface area contributed by atoms with Crippen LogP contribution < -0.4 is 10.4 Å². The van der Waals surface area contributed by atoms with E-state index < -0.39 is 5.63 Å². The van der Waals surface area contributed by atoms with Crippen LogP contribution in [0.25, 0.3) is 11.0 Å². The summed E-state index contributed by atoms with van der Waals surface area (Å²) in [5, 5.41) is 10.4. The zero-order chi connectivity index (χ0) is 10.8. The molecule has 0 saturated heterocycles. The van der Waals surface area contributed by atoms with Crippen molar-refractivity contribution in [2.75, 3.05) is 6.61 Å². The third kappa shape index (κ3) is 1.66. The molecule has 0 radical (unpaired) electrons. The van der Waals surface area contributed by atoms with Gasteiger partial charge < -0.3 is 14.3 Å². The minimum Gasteiger partial charge on any atom is -0.502 e. The van der Waals surface area contributed by atoms with Crippen LogP contribution in [0, 0.1) is 0 Å². The summed E-state index contributed by atoms with van der Waals surface area (Å²) in [6.07, 6.45) is 0. The highest BCUT2D eigenvalue weighted by molar-refractivity contribution is 5.84. The molecule has 0 atom stereocenters. The monoisotopic (exact) mass is 206 g/mol. The number of hydrogen-bond acceptors (Lipinski definition) is 4. The lowest BCUT2D eigenvalue weighted by Crippen LogP contribution is -1.96. The molecule has 0 aliphatic heterocycles. The Kier molecular flexibility index (Phi) is 2.33. The summed E-state index contributed by atoms with van der Waals surface area (Å²) in [5.74, 6) is 0.186. The smallest absolute Gasteiger partial charge is 0.336 e. The number of phenolic OH excluding ortho intramolecular Hbond substituents is 1. The Morgan fingerprint density at radius 1 is 1.33 bits per heavy atom.